The summed E-state index contributed by atoms with van der Waals surface area (Å²) in [4.78, 5) is 5.07. The zero-order valence-corrected chi connectivity index (χ0v) is 15.6. The lowest BCUT2D eigenvalue weighted by atomic mass is 9.89. The maximum atomic E-state index is 10.2. The first-order valence-electron chi connectivity index (χ1n) is 9.69. The number of ether oxygens (including phenoxy) is 1. The third-order valence-corrected chi connectivity index (χ3v) is 5.10. The Kier molecular flexibility index (Phi) is 7.80. The Bertz CT molecular complexity index is 324. The van der Waals surface area contributed by atoms with Crippen LogP contribution in [-0.4, -0.2) is 72.5 Å². The van der Waals surface area contributed by atoms with Crippen LogP contribution in [0.4, 0.5) is 0 Å². The van der Waals surface area contributed by atoms with Crippen molar-refractivity contribution < 1.29 is 9.84 Å². The molecule has 2 fully saturated rings. The van der Waals surface area contributed by atoms with Gasteiger partial charge in [0.05, 0.1) is 18.3 Å². The summed E-state index contributed by atoms with van der Waals surface area (Å²) in [6.07, 6.45) is 8.03. The maximum Gasteiger partial charge on any atom is 0.0900 e. The first-order chi connectivity index (χ1) is 10.9. The van der Waals surface area contributed by atoms with E-state index in [9.17, 15) is 5.11 Å². The second-order valence-electron chi connectivity index (χ2n) is 8.54. The lowest BCUT2D eigenvalue weighted by Crippen LogP contribution is -2.39. The lowest BCUT2D eigenvalue weighted by molar-refractivity contribution is -0.0558. The SMILES string of the molecule is CC(C)(C)OCC(O)CN1CCCN(CC2CCCCC2)CC1. The minimum absolute atomic E-state index is 0.170. The van der Waals surface area contributed by atoms with E-state index in [0.717, 1.165) is 32.1 Å². The highest BCUT2D eigenvalue weighted by Crippen LogP contribution is 2.24. The molecule has 0 aromatic heterocycles. The Hall–Kier alpha value is -0.160. The summed E-state index contributed by atoms with van der Waals surface area (Å²) in [5.74, 6) is 0.932. The zero-order chi connectivity index (χ0) is 16.7. The highest BCUT2D eigenvalue weighted by Gasteiger charge is 2.22. The predicted octanol–water partition coefficient (Wildman–Crippen LogP) is 2.75. The molecule has 0 aromatic carbocycles. The van der Waals surface area contributed by atoms with E-state index in [0.29, 0.717) is 6.61 Å². The summed E-state index contributed by atoms with van der Waals surface area (Å²) in [5.41, 5.74) is -0.170. The van der Waals surface area contributed by atoms with Crippen molar-refractivity contribution in [2.24, 2.45) is 5.92 Å². The van der Waals surface area contributed by atoms with Gasteiger partial charge in [-0.2, -0.15) is 0 Å². The fraction of sp³-hybridized carbons (Fsp3) is 1.00. The van der Waals surface area contributed by atoms with Gasteiger partial charge in [0, 0.05) is 26.2 Å². The standard InChI is InChI=1S/C19H38N2O2/c1-19(2,3)23-16-18(22)15-21-11-7-10-20(12-13-21)14-17-8-5-4-6-9-17/h17-18,22H,4-16H2,1-3H3. The van der Waals surface area contributed by atoms with Crippen LogP contribution in [0.5, 0.6) is 0 Å². The summed E-state index contributed by atoms with van der Waals surface area (Å²) in [5, 5.41) is 10.2. The van der Waals surface area contributed by atoms with Crippen LogP contribution in [0.2, 0.25) is 0 Å². The van der Waals surface area contributed by atoms with E-state index < -0.39 is 0 Å². The summed E-state index contributed by atoms with van der Waals surface area (Å²) < 4.78 is 5.70. The second kappa shape index (κ2) is 9.36. The zero-order valence-electron chi connectivity index (χ0n) is 15.6. The summed E-state index contributed by atoms with van der Waals surface area (Å²) in [6.45, 7) is 13.2. The van der Waals surface area contributed by atoms with Gasteiger partial charge in [0.2, 0.25) is 0 Å². The fourth-order valence-electron chi connectivity index (χ4n) is 3.82. The van der Waals surface area contributed by atoms with E-state index >= 15 is 0 Å². The van der Waals surface area contributed by atoms with Gasteiger partial charge in [0.1, 0.15) is 0 Å². The molecule has 23 heavy (non-hydrogen) atoms. The minimum Gasteiger partial charge on any atom is -0.389 e. The molecule has 0 aromatic rings. The Morgan fingerprint density at radius 2 is 1.61 bits per heavy atom. The summed E-state index contributed by atoms with van der Waals surface area (Å²) in [7, 11) is 0. The maximum absolute atomic E-state index is 10.2. The van der Waals surface area contributed by atoms with Gasteiger partial charge < -0.3 is 14.7 Å². The van der Waals surface area contributed by atoms with Crippen molar-refractivity contribution in [3.63, 3.8) is 0 Å². The average Bonchev–Trinajstić information content (AvgIpc) is 2.71. The van der Waals surface area contributed by atoms with Gasteiger partial charge in [-0.1, -0.05) is 19.3 Å². The van der Waals surface area contributed by atoms with Crippen LogP contribution in [0.1, 0.15) is 59.3 Å². The van der Waals surface area contributed by atoms with Crippen LogP contribution in [0.3, 0.4) is 0 Å². The highest BCUT2D eigenvalue weighted by molar-refractivity contribution is 4.76. The van der Waals surface area contributed by atoms with Crippen LogP contribution in [-0.2, 0) is 4.74 Å². The molecule has 4 nitrogen and oxygen atoms in total. The van der Waals surface area contributed by atoms with E-state index in [1.807, 2.05) is 20.8 Å². The molecule has 0 amide bonds. The molecule has 1 saturated carbocycles. The predicted molar refractivity (Wildman–Crippen MR) is 95.8 cm³/mol. The number of β-amino-alcohol motifs (C(OH)–C–C–N with tert-alkyl or cyclic N) is 1. The quantitative estimate of drug-likeness (QED) is 0.814. The van der Waals surface area contributed by atoms with Crippen LogP contribution < -0.4 is 0 Å². The van der Waals surface area contributed by atoms with Crippen molar-refractivity contribution in [2.75, 3.05) is 45.9 Å². The number of nitrogens with zero attached hydrogens (tertiary/aromatic N) is 2. The molecule has 2 rings (SSSR count). The molecule has 1 atom stereocenters. The number of aliphatic hydroxyl groups is 1. The Labute approximate surface area is 143 Å². The van der Waals surface area contributed by atoms with Crippen LogP contribution in [0.15, 0.2) is 0 Å². The summed E-state index contributed by atoms with van der Waals surface area (Å²) >= 11 is 0. The number of hydrogen-bond donors (Lipinski definition) is 1. The van der Waals surface area contributed by atoms with Crippen molar-refractivity contribution in [3.05, 3.63) is 0 Å². The lowest BCUT2D eigenvalue weighted by Gasteiger charge is -2.29. The Morgan fingerprint density at radius 1 is 0.957 bits per heavy atom. The molecule has 0 radical (unpaired) electrons. The molecule has 0 spiro atoms. The monoisotopic (exact) mass is 326 g/mol. The molecule has 4 heteroatoms. The molecule has 1 unspecified atom stereocenters. The van der Waals surface area contributed by atoms with Gasteiger partial charge in [0.25, 0.3) is 0 Å². The van der Waals surface area contributed by atoms with Crippen molar-refractivity contribution in [3.8, 4) is 0 Å². The molecule has 1 aliphatic heterocycles. The van der Waals surface area contributed by atoms with Gasteiger partial charge in [-0.3, -0.25) is 4.90 Å². The number of hydrogen-bond acceptors (Lipinski definition) is 4. The van der Waals surface area contributed by atoms with Crippen molar-refractivity contribution in [2.45, 2.75) is 71.0 Å². The van der Waals surface area contributed by atoms with Crippen LogP contribution >= 0.6 is 0 Å². The van der Waals surface area contributed by atoms with Gasteiger partial charge in [0.15, 0.2) is 0 Å². The Morgan fingerprint density at radius 3 is 2.30 bits per heavy atom. The fourth-order valence-corrected chi connectivity index (χ4v) is 3.82. The molecule has 136 valence electrons. The number of aliphatic hydroxyl groups excluding tert-OH is 1. The average molecular weight is 327 g/mol. The topological polar surface area (TPSA) is 35.9 Å². The van der Waals surface area contributed by atoms with Crippen molar-refractivity contribution >= 4 is 0 Å². The van der Waals surface area contributed by atoms with E-state index in [1.54, 1.807) is 0 Å². The van der Waals surface area contributed by atoms with E-state index in [-0.39, 0.29) is 11.7 Å². The van der Waals surface area contributed by atoms with E-state index in [1.165, 1.54) is 51.6 Å². The van der Waals surface area contributed by atoms with Gasteiger partial charge in [-0.25, -0.2) is 0 Å². The first kappa shape index (κ1) is 19.2. The second-order valence-corrected chi connectivity index (χ2v) is 8.54. The molecule has 1 heterocycles. The van der Waals surface area contributed by atoms with Crippen molar-refractivity contribution in [1.29, 1.82) is 0 Å². The van der Waals surface area contributed by atoms with E-state index in [2.05, 4.69) is 9.80 Å². The van der Waals surface area contributed by atoms with Gasteiger partial charge in [-0.05, 0) is 59.0 Å². The van der Waals surface area contributed by atoms with Gasteiger partial charge in [-0.15, -0.1) is 0 Å². The molecule has 2 aliphatic rings. The third-order valence-electron chi connectivity index (χ3n) is 5.10. The van der Waals surface area contributed by atoms with Crippen molar-refractivity contribution in [1.82, 2.24) is 9.80 Å². The first-order valence-corrected chi connectivity index (χ1v) is 9.69. The molecule has 1 aliphatic carbocycles. The van der Waals surface area contributed by atoms with Crippen LogP contribution in [0, 0.1) is 5.92 Å². The molecular formula is C19H38N2O2. The highest BCUT2D eigenvalue weighted by atomic mass is 16.5. The Balaban J connectivity index is 1.66. The normalized spacial score (nSPS) is 24.5. The molecule has 0 bridgehead atoms. The van der Waals surface area contributed by atoms with Crippen LogP contribution in [0.25, 0.3) is 0 Å². The summed E-state index contributed by atoms with van der Waals surface area (Å²) in [6, 6.07) is 0. The molecule has 1 saturated heterocycles. The third kappa shape index (κ3) is 7.97. The van der Waals surface area contributed by atoms with E-state index in [4.69, 9.17) is 4.74 Å². The largest absolute Gasteiger partial charge is 0.389 e. The number of rotatable bonds is 6. The molecule has 1 N–H and O–H groups in total. The minimum atomic E-state index is -0.376. The molecular weight excluding hydrogens is 288 g/mol. The smallest absolute Gasteiger partial charge is 0.0900 e. The van der Waals surface area contributed by atoms with Gasteiger partial charge >= 0.3 is 0 Å².